The second-order valence-electron chi connectivity index (χ2n) is 11.5. The Balaban J connectivity index is 1.31. The van der Waals surface area contributed by atoms with E-state index in [0.717, 1.165) is 11.3 Å². The van der Waals surface area contributed by atoms with Crippen LogP contribution in [-0.2, 0) is 9.59 Å². The number of para-hydroxylation sites is 2. The first-order chi connectivity index (χ1) is 25.7. The molecule has 5 rings (SSSR count). The van der Waals surface area contributed by atoms with Crippen molar-refractivity contribution in [1.82, 2.24) is 5.32 Å². The summed E-state index contributed by atoms with van der Waals surface area (Å²) in [7, 11) is 0. The minimum atomic E-state index is -0.563. The quantitative estimate of drug-likeness (QED) is 0.0658. The minimum absolute atomic E-state index is 0.00577. The fraction of sp³-hybridized carbons (Fsp3) is 0.146. The van der Waals surface area contributed by atoms with Gasteiger partial charge in [-0.05, 0) is 80.4 Å². The smallest absolute Gasteiger partial charge is 0.272 e. The van der Waals surface area contributed by atoms with Gasteiger partial charge in [0.1, 0.15) is 22.5 Å². The van der Waals surface area contributed by atoms with Crippen LogP contribution < -0.4 is 26.0 Å². The van der Waals surface area contributed by atoms with Crippen molar-refractivity contribution in [2.45, 2.75) is 37.3 Å². The molecule has 4 N–H and O–H groups in total. The van der Waals surface area contributed by atoms with E-state index in [-0.39, 0.29) is 23.1 Å². The average molecular weight is 744 g/mol. The minimum Gasteiger partial charge on any atom is -0.493 e. The normalized spacial score (nSPS) is 11.5. The molecule has 0 fully saturated rings. The maximum Gasteiger partial charge on any atom is 0.272 e. The number of nitrogens with zero attached hydrogens (tertiary/aromatic N) is 1. The van der Waals surface area contributed by atoms with Gasteiger partial charge in [-0.3, -0.25) is 19.2 Å². The number of nitrogens with one attached hydrogen (secondary N) is 4. The van der Waals surface area contributed by atoms with Crippen molar-refractivity contribution in [2.24, 2.45) is 0 Å². The Kier molecular flexibility index (Phi) is 13.2. The van der Waals surface area contributed by atoms with E-state index < -0.39 is 17.1 Å². The summed E-state index contributed by atoms with van der Waals surface area (Å²) in [5, 5.41) is 21.0. The highest BCUT2D eigenvalue weighted by atomic mass is 32.2. The van der Waals surface area contributed by atoms with Gasteiger partial charge in [-0.1, -0.05) is 67.6 Å². The summed E-state index contributed by atoms with van der Waals surface area (Å²) in [5.74, 6) is -1.15. The molecule has 1 unspecified atom stereocenters. The van der Waals surface area contributed by atoms with E-state index in [4.69, 9.17) is 4.74 Å². The fourth-order valence-electron chi connectivity index (χ4n) is 5.17. The molecule has 0 bridgehead atoms. The van der Waals surface area contributed by atoms with E-state index in [1.807, 2.05) is 38.1 Å². The van der Waals surface area contributed by atoms with Crippen molar-refractivity contribution < 1.29 is 23.9 Å². The third-order valence-corrected chi connectivity index (χ3v) is 10.4. The van der Waals surface area contributed by atoms with Gasteiger partial charge in [0.25, 0.3) is 17.7 Å². The number of thioether (sulfide) groups is 1. The van der Waals surface area contributed by atoms with Crippen molar-refractivity contribution in [2.75, 3.05) is 22.6 Å². The second kappa shape index (κ2) is 18.4. The molecule has 4 aromatic carbocycles. The second-order valence-corrected chi connectivity index (χ2v) is 13.8. The first-order valence-electron chi connectivity index (χ1n) is 16.8. The van der Waals surface area contributed by atoms with Crippen molar-refractivity contribution in [3.8, 4) is 11.8 Å². The lowest BCUT2D eigenvalue weighted by Gasteiger charge is -2.16. The van der Waals surface area contributed by atoms with Crippen molar-refractivity contribution in [1.29, 1.82) is 5.26 Å². The molecular weight excluding hydrogens is 707 g/mol. The Labute approximate surface area is 316 Å². The molecule has 0 saturated heterocycles. The van der Waals surface area contributed by atoms with E-state index >= 15 is 0 Å². The Hall–Kier alpha value is -6.16. The van der Waals surface area contributed by atoms with Gasteiger partial charge in [-0.25, -0.2) is 0 Å². The Morgan fingerprint density at radius 1 is 0.830 bits per heavy atom. The predicted molar refractivity (Wildman–Crippen MR) is 211 cm³/mol. The van der Waals surface area contributed by atoms with Crippen molar-refractivity contribution in [3.05, 3.63) is 142 Å². The Morgan fingerprint density at radius 3 is 2.21 bits per heavy atom. The third-order valence-electron chi connectivity index (χ3n) is 7.81. The summed E-state index contributed by atoms with van der Waals surface area (Å²) in [4.78, 5) is 54.5. The summed E-state index contributed by atoms with van der Waals surface area (Å²) in [6.07, 6.45) is 2.02. The number of nitriles is 1. The van der Waals surface area contributed by atoms with E-state index in [9.17, 15) is 24.4 Å². The van der Waals surface area contributed by atoms with Crippen LogP contribution >= 0.6 is 23.1 Å². The van der Waals surface area contributed by atoms with Gasteiger partial charge >= 0.3 is 0 Å². The van der Waals surface area contributed by atoms with E-state index in [0.29, 0.717) is 61.6 Å². The van der Waals surface area contributed by atoms with Gasteiger partial charge in [-0.15, -0.1) is 23.1 Å². The molecule has 12 heteroatoms. The predicted octanol–water partition coefficient (Wildman–Crippen LogP) is 8.50. The molecule has 5 aromatic rings. The van der Waals surface area contributed by atoms with Crippen LogP contribution in [-0.4, -0.2) is 35.5 Å². The molecule has 0 spiro atoms. The maximum absolute atomic E-state index is 13.7. The number of amides is 4. The molecule has 1 aromatic heterocycles. The van der Waals surface area contributed by atoms with Crippen LogP contribution in [0.25, 0.3) is 6.08 Å². The zero-order valence-electron chi connectivity index (χ0n) is 29.3. The maximum atomic E-state index is 13.7. The number of carbonyl (C=O) groups is 4. The first-order valence-corrected chi connectivity index (χ1v) is 18.5. The summed E-state index contributed by atoms with van der Waals surface area (Å²) in [6.45, 7) is 5.84. The van der Waals surface area contributed by atoms with Crippen LogP contribution in [0.1, 0.15) is 57.0 Å². The number of benzene rings is 4. The highest BCUT2D eigenvalue weighted by Gasteiger charge is 2.25. The van der Waals surface area contributed by atoms with E-state index in [1.165, 1.54) is 11.8 Å². The SMILES string of the molecule is CCOc1ccccc1/C=C(/NC(=O)c1ccccc1)C(=O)Nc1cccc(SC(CC)C(=O)Nc2sc(C(=O)Nc3ccccc3)c(C)c2C#N)c1. The highest BCUT2D eigenvalue weighted by Crippen LogP contribution is 2.35. The van der Waals surface area contributed by atoms with Crippen LogP contribution in [0.2, 0.25) is 0 Å². The number of hydrogen-bond donors (Lipinski definition) is 4. The van der Waals surface area contributed by atoms with Gasteiger partial charge in [0.15, 0.2) is 0 Å². The molecule has 0 aliphatic heterocycles. The first kappa shape index (κ1) is 38.1. The molecule has 1 atom stereocenters. The zero-order valence-corrected chi connectivity index (χ0v) is 30.9. The van der Waals surface area contributed by atoms with Crippen LogP contribution in [0.5, 0.6) is 5.75 Å². The zero-order chi connectivity index (χ0) is 37.7. The largest absolute Gasteiger partial charge is 0.493 e. The van der Waals surface area contributed by atoms with Crippen LogP contribution in [0.3, 0.4) is 0 Å². The molecule has 4 amide bonds. The summed E-state index contributed by atoms with van der Waals surface area (Å²) < 4.78 is 5.74. The molecule has 0 aliphatic rings. The Bertz CT molecular complexity index is 2180. The molecule has 1 heterocycles. The standard InChI is InChI=1S/C41H37N5O5S2/c1-4-35(39(49)46-41-32(25-42)26(3)36(53-41)40(50)43-29-18-10-7-11-19-29)52-31-21-14-20-30(24-31)44-38(48)33(45-37(47)27-15-8-6-9-16-27)23-28-17-12-13-22-34(28)51-5-2/h6-24,35H,4-5H2,1-3H3,(H,43,50)(H,44,48)(H,45,47)(H,46,49)/b33-23+. The number of ether oxygens (including phenoxy) is 1. The van der Waals surface area contributed by atoms with Crippen LogP contribution in [0.15, 0.2) is 120 Å². The molecule has 10 nitrogen and oxygen atoms in total. The number of anilines is 3. The third kappa shape index (κ3) is 10.0. The molecular formula is C41H37N5O5S2. The van der Waals surface area contributed by atoms with Crippen molar-refractivity contribution >= 4 is 69.2 Å². The molecule has 0 aliphatic carbocycles. The topological polar surface area (TPSA) is 149 Å². The lowest BCUT2D eigenvalue weighted by atomic mass is 10.1. The number of carbonyl (C=O) groups excluding carboxylic acids is 4. The molecule has 53 heavy (non-hydrogen) atoms. The summed E-state index contributed by atoms with van der Waals surface area (Å²) in [5.41, 5.74) is 2.79. The van der Waals surface area contributed by atoms with Crippen molar-refractivity contribution in [3.63, 3.8) is 0 Å². The molecule has 268 valence electrons. The van der Waals surface area contributed by atoms with Crippen LogP contribution in [0.4, 0.5) is 16.4 Å². The molecule has 0 saturated carbocycles. The van der Waals surface area contributed by atoms with E-state index in [2.05, 4.69) is 27.3 Å². The van der Waals surface area contributed by atoms with Gasteiger partial charge < -0.3 is 26.0 Å². The summed E-state index contributed by atoms with van der Waals surface area (Å²) >= 11 is 2.35. The van der Waals surface area contributed by atoms with E-state index in [1.54, 1.807) is 97.9 Å². The van der Waals surface area contributed by atoms with Gasteiger partial charge in [0, 0.05) is 27.4 Å². The monoisotopic (exact) mass is 743 g/mol. The lowest BCUT2D eigenvalue weighted by molar-refractivity contribution is -0.116. The van der Waals surface area contributed by atoms with Gasteiger partial charge in [0.05, 0.1) is 22.3 Å². The van der Waals surface area contributed by atoms with Gasteiger partial charge in [-0.2, -0.15) is 5.26 Å². The fourth-order valence-corrected chi connectivity index (χ4v) is 7.24. The average Bonchev–Trinajstić information content (AvgIpc) is 3.49. The van der Waals surface area contributed by atoms with Crippen LogP contribution in [0, 0.1) is 18.3 Å². The highest BCUT2D eigenvalue weighted by molar-refractivity contribution is 8.00. The number of thiophene rings is 1. The molecule has 0 radical (unpaired) electrons. The Morgan fingerprint density at radius 2 is 1.51 bits per heavy atom. The summed E-state index contributed by atoms with van der Waals surface area (Å²) in [6, 6.07) is 33.9. The number of hydrogen-bond acceptors (Lipinski definition) is 8. The lowest BCUT2D eigenvalue weighted by Crippen LogP contribution is -2.30. The van der Waals surface area contributed by atoms with Gasteiger partial charge in [0.2, 0.25) is 5.91 Å². The number of rotatable bonds is 14.